The maximum absolute atomic E-state index is 4.73. The molecule has 0 bridgehead atoms. The van der Waals surface area contributed by atoms with E-state index in [1.54, 1.807) is 0 Å². The lowest BCUT2D eigenvalue weighted by molar-refractivity contribution is 0.327. The summed E-state index contributed by atoms with van der Waals surface area (Å²) in [6.07, 6.45) is 10.9. The summed E-state index contributed by atoms with van der Waals surface area (Å²) in [5, 5.41) is 12.5. The summed E-state index contributed by atoms with van der Waals surface area (Å²) in [5.41, 5.74) is 3.48. The Labute approximate surface area is 126 Å². The maximum atomic E-state index is 4.73. The molecular formula is C16H25N5. The van der Waals surface area contributed by atoms with Crippen LogP contribution in [0.25, 0.3) is 0 Å². The summed E-state index contributed by atoms with van der Waals surface area (Å²) in [5.74, 6) is 0. The van der Waals surface area contributed by atoms with Crippen LogP contribution in [0.1, 0.15) is 55.1 Å². The molecule has 1 N–H and O–H groups in total. The Bertz CT molecular complexity index is 577. The minimum Gasteiger partial charge on any atom is -0.307 e. The van der Waals surface area contributed by atoms with Crippen LogP contribution in [-0.4, -0.2) is 19.6 Å². The van der Waals surface area contributed by atoms with E-state index in [1.165, 1.54) is 37.7 Å². The zero-order chi connectivity index (χ0) is 14.7. The topological polar surface area (TPSA) is 47.7 Å². The molecule has 21 heavy (non-hydrogen) atoms. The molecule has 5 heteroatoms. The molecule has 5 nitrogen and oxygen atoms in total. The van der Waals surface area contributed by atoms with E-state index in [-0.39, 0.29) is 0 Å². The van der Waals surface area contributed by atoms with Crippen molar-refractivity contribution in [1.82, 2.24) is 24.9 Å². The normalized spacial score (nSPS) is 16.5. The molecule has 1 fully saturated rings. The quantitative estimate of drug-likeness (QED) is 0.920. The smallest absolute Gasteiger partial charge is 0.0762 e. The molecule has 1 aliphatic carbocycles. The second-order valence-corrected chi connectivity index (χ2v) is 6.10. The molecule has 2 aromatic heterocycles. The van der Waals surface area contributed by atoms with Crippen molar-refractivity contribution in [1.29, 1.82) is 0 Å². The monoisotopic (exact) mass is 287 g/mol. The Morgan fingerprint density at radius 2 is 2.00 bits per heavy atom. The largest absolute Gasteiger partial charge is 0.307 e. The molecule has 114 valence electrons. The van der Waals surface area contributed by atoms with Gasteiger partial charge in [-0.1, -0.05) is 19.3 Å². The van der Waals surface area contributed by atoms with Gasteiger partial charge in [0, 0.05) is 38.1 Å². The average molecular weight is 287 g/mol. The van der Waals surface area contributed by atoms with Crippen molar-refractivity contribution in [2.75, 3.05) is 0 Å². The zero-order valence-electron chi connectivity index (χ0n) is 13.0. The first kappa shape index (κ1) is 14.3. The van der Waals surface area contributed by atoms with Gasteiger partial charge < -0.3 is 5.32 Å². The van der Waals surface area contributed by atoms with E-state index in [9.17, 15) is 0 Å². The van der Waals surface area contributed by atoms with Crippen molar-refractivity contribution in [3.05, 3.63) is 35.4 Å². The van der Waals surface area contributed by atoms with Gasteiger partial charge in [-0.3, -0.25) is 9.36 Å². The molecule has 0 spiro atoms. The SMILES string of the molecule is Cc1nn(C)cc1CNCc1ccn(C2CCCCC2)n1. The van der Waals surface area contributed by atoms with E-state index in [1.807, 2.05) is 11.7 Å². The van der Waals surface area contributed by atoms with Gasteiger partial charge in [0.05, 0.1) is 17.4 Å². The third kappa shape index (κ3) is 3.53. The first-order valence-corrected chi connectivity index (χ1v) is 7.96. The van der Waals surface area contributed by atoms with Crippen LogP contribution in [0.3, 0.4) is 0 Å². The van der Waals surface area contributed by atoms with Crippen LogP contribution >= 0.6 is 0 Å². The van der Waals surface area contributed by atoms with Crippen LogP contribution in [0, 0.1) is 6.92 Å². The van der Waals surface area contributed by atoms with Crippen molar-refractivity contribution in [3.8, 4) is 0 Å². The highest BCUT2D eigenvalue weighted by molar-refractivity contribution is 5.15. The summed E-state index contributed by atoms with van der Waals surface area (Å²) in [6.45, 7) is 3.71. The number of nitrogens with one attached hydrogen (secondary N) is 1. The van der Waals surface area contributed by atoms with E-state index >= 15 is 0 Å². The number of rotatable bonds is 5. The highest BCUT2D eigenvalue weighted by Gasteiger charge is 2.15. The number of nitrogens with zero attached hydrogens (tertiary/aromatic N) is 4. The van der Waals surface area contributed by atoms with Gasteiger partial charge in [0.2, 0.25) is 0 Å². The molecule has 0 radical (unpaired) electrons. The minimum absolute atomic E-state index is 0.619. The molecule has 1 saturated carbocycles. The molecule has 0 unspecified atom stereocenters. The molecule has 2 heterocycles. The second kappa shape index (κ2) is 6.43. The number of hydrogen-bond acceptors (Lipinski definition) is 3. The van der Waals surface area contributed by atoms with Crippen LogP contribution in [0.15, 0.2) is 18.5 Å². The summed E-state index contributed by atoms with van der Waals surface area (Å²) in [4.78, 5) is 0. The summed E-state index contributed by atoms with van der Waals surface area (Å²) in [7, 11) is 1.96. The molecule has 0 aliphatic heterocycles. The molecule has 0 atom stereocenters. The average Bonchev–Trinajstić information content (AvgIpc) is 3.07. The molecule has 0 saturated heterocycles. The van der Waals surface area contributed by atoms with Crippen LogP contribution in [-0.2, 0) is 20.1 Å². The zero-order valence-corrected chi connectivity index (χ0v) is 13.0. The number of aromatic nitrogens is 4. The van der Waals surface area contributed by atoms with Crippen LogP contribution in [0.2, 0.25) is 0 Å². The van der Waals surface area contributed by atoms with E-state index in [2.05, 4.69) is 40.5 Å². The maximum Gasteiger partial charge on any atom is 0.0762 e. The summed E-state index contributed by atoms with van der Waals surface area (Å²) < 4.78 is 4.04. The van der Waals surface area contributed by atoms with Gasteiger partial charge >= 0.3 is 0 Å². The highest BCUT2D eigenvalue weighted by atomic mass is 15.3. The highest BCUT2D eigenvalue weighted by Crippen LogP contribution is 2.27. The summed E-state index contributed by atoms with van der Waals surface area (Å²) >= 11 is 0. The number of hydrogen-bond donors (Lipinski definition) is 1. The molecule has 3 rings (SSSR count). The molecule has 0 aromatic carbocycles. The van der Waals surface area contributed by atoms with E-state index in [4.69, 9.17) is 5.10 Å². The Hall–Kier alpha value is -1.62. The summed E-state index contributed by atoms with van der Waals surface area (Å²) in [6, 6.07) is 2.76. The van der Waals surface area contributed by atoms with Crippen molar-refractivity contribution in [3.63, 3.8) is 0 Å². The molecular weight excluding hydrogens is 262 g/mol. The fourth-order valence-corrected chi connectivity index (χ4v) is 3.17. The Balaban J connectivity index is 1.51. The first-order chi connectivity index (χ1) is 10.2. The number of aryl methyl sites for hydroxylation is 2. The first-order valence-electron chi connectivity index (χ1n) is 7.96. The Kier molecular flexibility index (Phi) is 4.39. The molecule has 2 aromatic rings. The second-order valence-electron chi connectivity index (χ2n) is 6.10. The van der Waals surface area contributed by atoms with Gasteiger partial charge in [-0.2, -0.15) is 10.2 Å². The predicted octanol–water partition coefficient (Wildman–Crippen LogP) is 2.72. The Morgan fingerprint density at radius 1 is 1.19 bits per heavy atom. The molecule has 0 amide bonds. The van der Waals surface area contributed by atoms with E-state index in [0.29, 0.717) is 6.04 Å². The van der Waals surface area contributed by atoms with Crippen LogP contribution < -0.4 is 5.32 Å². The molecule has 1 aliphatic rings. The lowest BCUT2D eigenvalue weighted by atomic mass is 9.96. The van der Waals surface area contributed by atoms with E-state index in [0.717, 1.165) is 24.5 Å². The van der Waals surface area contributed by atoms with Crippen molar-refractivity contribution >= 4 is 0 Å². The fourth-order valence-electron chi connectivity index (χ4n) is 3.17. The van der Waals surface area contributed by atoms with Gasteiger partial charge in [-0.25, -0.2) is 0 Å². The van der Waals surface area contributed by atoms with Gasteiger partial charge in [0.15, 0.2) is 0 Å². The van der Waals surface area contributed by atoms with E-state index < -0.39 is 0 Å². The minimum atomic E-state index is 0.619. The lowest BCUT2D eigenvalue weighted by Crippen LogP contribution is -2.16. The predicted molar refractivity (Wildman–Crippen MR) is 82.8 cm³/mol. The fraction of sp³-hybridized carbons (Fsp3) is 0.625. The Morgan fingerprint density at radius 3 is 2.71 bits per heavy atom. The van der Waals surface area contributed by atoms with Gasteiger partial charge in [0.1, 0.15) is 0 Å². The lowest BCUT2D eigenvalue weighted by Gasteiger charge is -2.21. The third-order valence-corrected chi connectivity index (χ3v) is 4.35. The van der Waals surface area contributed by atoms with Crippen molar-refractivity contribution < 1.29 is 0 Å². The van der Waals surface area contributed by atoms with Crippen molar-refractivity contribution in [2.45, 2.75) is 58.2 Å². The van der Waals surface area contributed by atoms with Gasteiger partial charge in [-0.05, 0) is 25.8 Å². The van der Waals surface area contributed by atoms with Gasteiger partial charge in [0.25, 0.3) is 0 Å². The van der Waals surface area contributed by atoms with Crippen LogP contribution in [0.5, 0.6) is 0 Å². The third-order valence-electron chi connectivity index (χ3n) is 4.35. The standard InChI is InChI=1S/C16H25N5/c1-13-14(12-20(2)18-13)10-17-11-15-8-9-21(19-15)16-6-4-3-5-7-16/h8-9,12,16-17H,3-7,10-11H2,1-2H3. The van der Waals surface area contributed by atoms with Gasteiger partial charge in [-0.15, -0.1) is 0 Å². The van der Waals surface area contributed by atoms with Crippen molar-refractivity contribution in [2.24, 2.45) is 7.05 Å². The van der Waals surface area contributed by atoms with Crippen LogP contribution in [0.4, 0.5) is 0 Å².